The number of amides is 2. The summed E-state index contributed by atoms with van der Waals surface area (Å²) in [5.41, 5.74) is 0.107. The molecule has 0 spiro atoms. The second-order valence-corrected chi connectivity index (χ2v) is 12.3. The van der Waals surface area contributed by atoms with E-state index >= 15 is 0 Å². The minimum atomic E-state index is -4.61. The van der Waals surface area contributed by atoms with Crippen LogP contribution in [0.1, 0.15) is 81.4 Å². The van der Waals surface area contributed by atoms with Crippen molar-refractivity contribution >= 4 is 23.5 Å². The number of nitrogens with zero attached hydrogens (tertiary/aromatic N) is 4. The molecule has 1 aliphatic heterocycles. The van der Waals surface area contributed by atoms with Crippen LogP contribution in [0.25, 0.3) is 0 Å². The minimum absolute atomic E-state index is 0.0354. The van der Waals surface area contributed by atoms with Crippen LogP contribution < -0.4 is 10.6 Å². The first-order chi connectivity index (χ1) is 19.8. The first-order valence-electron chi connectivity index (χ1n) is 14.9. The molecule has 1 saturated heterocycles. The van der Waals surface area contributed by atoms with E-state index in [1.54, 1.807) is 24.3 Å². The van der Waals surface area contributed by atoms with E-state index in [1.165, 1.54) is 0 Å². The van der Waals surface area contributed by atoms with Crippen LogP contribution in [0.15, 0.2) is 30.5 Å². The van der Waals surface area contributed by atoms with Gasteiger partial charge < -0.3 is 20.4 Å². The molecule has 2 atom stereocenters. The zero-order valence-corrected chi connectivity index (χ0v) is 25.2. The molecule has 1 aromatic carbocycles. The van der Waals surface area contributed by atoms with E-state index < -0.39 is 11.7 Å². The van der Waals surface area contributed by atoms with Gasteiger partial charge >= 0.3 is 6.18 Å². The maximum absolute atomic E-state index is 13.9. The number of hydrogen-bond donors (Lipinski definition) is 2. The number of rotatable bonds is 9. The molecule has 1 aromatic heterocycles. The van der Waals surface area contributed by atoms with Gasteiger partial charge in [-0.3, -0.25) is 9.59 Å². The Hall–Kier alpha value is -3.21. The average molecular weight is 589 g/mol. The Morgan fingerprint density at radius 3 is 2.31 bits per heavy atom. The van der Waals surface area contributed by atoms with Crippen LogP contribution >= 0.6 is 0 Å². The Morgan fingerprint density at radius 2 is 1.71 bits per heavy atom. The van der Waals surface area contributed by atoms with Gasteiger partial charge in [-0.25, -0.2) is 9.97 Å². The molecule has 2 heterocycles. The predicted octanol–water partition coefficient (Wildman–Crippen LogP) is 5.67. The highest BCUT2D eigenvalue weighted by molar-refractivity contribution is 5.95. The van der Waals surface area contributed by atoms with E-state index in [0.717, 1.165) is 38.5 Å². The topological polar surface area (TPSA) is 90.5 Å². The fourth-order valence-electron chi connectivity index (χ4n) is 6.21. The van der Waals surface area contributed by atoms with Gasteiger partial charge in [-0.1, -0.05) is 6.42 Å². The Morgan fingerprint density at radius 1 is 1.05 bits per heavy atom. The van der Waals surface area contributed by atoms with Crippen LogP contribution in [0.3, 0.4) is 0 Å². The van der Waals surface area contributed by atoms with E-state index in [0.29, 0.717) is 24.1 Å². The van der Waals surface area contributed by atoms with Crippen LogP contribution in [0.5, 0.6) is 0 Å². The van der Waals surface area contributed by atoms with E-state index in [4.69, 9.17) is 0 Å². The summed E-state index contributed by atoms with van der Waals surface area (Å²) in [4.78, 5) is 38.6. The number of benzene rings is 1. The summed E-state index contributed by atoms with van der Waals surface area (Å²) in [6.45, 7) is 9.68. The number of alkyl halides is 3. The van der Waals surface area contributed by atoms with Crippen molar-refractivity contribution in [3.63, 3.8) is 0 Å². The quantitative estimate of drug-likeness (QED) is 0.393. The monoisotopic (exact) mass is 588 g/mol. The van der Waals surface area contributed by atoms with Crippen molar-refractivity contribution in [1.82, 2.24) is 25.1 Å². The average Bonchev–Trinajstić information content (AvgIpc) is 3.37. The fraction of sp³-hybridized carbons (Fsp3) is 0.613. The third-order valence-electron chi connectivity index (χ3n) is 8.32. The molecule has 2 aromatic rings. The largest absolute Gasteiger partial charge is 0.419 e. The Bertz CT molecular complexity index is 1230. The number of hydrogen-bond acceptors (Lipinski definition) is 6. The molecule has 2 aliphatic rings. The molecule has 0 radical (unpaired) electrons. The molecule has 2 fully saturated rings. The highest BCUT2D eigenvalue weighted by atomic mass is 19.4. The molecule has 0 bridgehead atoms. The SMILES string of the molecule is CC(C)NC(=O)[C@H]1CCC[C@H]1Cc1nc(Nc2ccc(C(=O)N(C(C)C)C3CCN(C)CC3)cc2)ncc1C(F)(F)F. The standard InChI is InChI=1S/C31H43F3N6O2/c1-19(2)36-28(41)25-8-6-7-22(25)17-27-26(31(32,33)34)18-35-30(38-27)37-23-11-9-21(10-12-23)29(42)40(20(3)4)24-13-15-39(5)16-14-24/h9-12,18-20,22,24-25H,6-8,13-17H2,1-5H3,(H,36,41)(H,35,37,38)/t22-,25-/m0/s1. The van der Waals surface area contributed by atoms with E-state index in [2.05, 4.69) is 32.5 Å². The van der Waals surface area contributed by atoms with E-state index in [1.807, 2.05) is 32.6 Å². The molecule has 2 amide bonds. The van der Waals surface area contributed by atoms with Crippen molar-refractivity contribution in [1.29, 1.82) is 0 Å². The third kappa shape index (κ3) is 7.79. The summed E-state index contributed by atoms with van der Waals surface area (Å²) in [5.74, 6) is -0.689. The summed E-state index contributed by atoms with van der Waals surface area (Å²) in [7, 11) is 2.09. The zero-order valence-electron chi connectivity index (χ0n) is 25.2. The van der Waals surface area contributed by atoms with E-state index in [-0.39, 0.29) is 59.8 Å². The lowest BCUT2D eigenvalue weighted by Gasteiger charge is -2.39. The van der Waals surface area contributed by atoms with Crippen molar-refractivity contribution in [3.8, 4) is 0 Å². The number of nitrogens with one attached hydrogen (secondary N) is 2. The molecule has 230 valence electrons. The van der Waals surface area contributed by atoms with Crippen LogP contribution in [0.4, 0.5) is 24.8 Å². The number of likely N-dealkylation sites (tertiary alicyclic amines) is 1. The molecule has 8 nitrogen and oxygen atoms in total. The van der Waals surface area contributed by atoms with Crippen LogP contribution in [-0.4, -0.2) is 69.8 Å². The van der Waals surface area contributed by atoms with Gasteiger partial charge in [-0.15, -0.1) is 0 Å². The van der Waals surface area contributed by atoms with Gasteiger partial charge in [0.2, 0.25) is 11.9 Å². The lowest BCUT2D eigenvalue weighted by molar-refractivity contribution is -0.138. The van der Waals surface area contributed by atoms with E-state index in [9.17, 15) is 22.8 Å². The smallest absolute Gasteiger partial charge is 0.354 e. The van der Waals surface area contributed by atoms with Crippen molar-refractivity contribution < 1.29 is 22.8 Å². The molecule has 2 N–H and O–H groups in total. The number of aromatic nitrogens is 2. The first-order valence-corrected chi connectivity index (χ1v) is 14.9. The molecule has 4 rings (SSSR count). The third-order valence-corrected chi connectivity index (χ3v) is 8.32. The summed E-state index contributed by atoms with van der Waals surface area (Å²) >= 11 is 0. The summed E-state index contributed by atoms with van der Waals surface area (Å²) in [6.07, 6.45) is 0.198. The molecular weight excluding hydrogens is 545 g/mol. The summed E-state index contributed by atoms with van der Waals surface area (Å²) in [6, 6.07) is 7.06. The van der Waals surface area contributed by atoms with Gasteiger partial charge in [0.25, 0.3) is 5.91 Å². The van der Waals surface area contributed by atoms with Crippen LogP contribution in [0, 0.1) is 11.8 Å². The maximum Gasteiger partial charge on any atom is 0.419 e. The maximum atomic E-state index is 13.9. The van der Waals surface area contributed by atoms with Crippen molar-refractivity contribution in [2.75, 3.05) is 25.5 Å². The van der Waals surface area contributed by atoms with Crippen molar-refractivity contribution in [2.24, 2.45) is 11.8 Å². The molecule has 1 saturated carbocycles. The van der Waals surface area contributed by atoms with Gasteiger partial charge in [0.05, 0.1) is 11.3 Å². The number of carbonyl (C=O) groups is 2. The normalized spacial score (nSPS) is 20.2. The number of anilines is 2. The highest BCUT2D eigenvalue weighted by Crippen LogP contribution is 2.38. The molecular formula is C31H43F3N6O2. The predicted molar refractivity (Wildman–Crippen MR) is 156 cm³/mol. The van der Waals surface area contributed by atoms with Crippen LogP contribution in [0.2, 0.25) is 0 Å². The second-order valence-electron chi connectivity index (χ2n) is 12.3. The first kappa shape index (κ1) is 31.7. The lowest BCUT2D eigenvalue weighted by atomic mass is 9.89. The van der Waals surface area contributed by atoms with Crippen molar-refractivity contribution in [2.45, 2.75) is 90.5 Å². The Labute approximate surface area is 246 Å². The molecule has 42 heavy (non-hydrogen) atoms. The van der Waals surface area contributed by atoms with Gasteiger partial charge in [0.1, 0.15) is 0 Å². The van der Waals surface area contributed by atoms with Gasteiger partial charge in [-0.2, -0.15) is 13.2 Å². The lowest BCUT2D eigenvalue weighted by Crippen LogP contribution is -2.49. The fourth-order valence-corrected chi connectivity index (χ4v) is 6.21. The Balaban J connectivity index is 1.50. The van der Waals surface area contributed by atoms with Crippen molar-refractivity contribution in [3.05, 3.63) is 47.3 Å². The second kappa shape index (κ2) is 13.4. The molecule has 11 heteroatoms. The highest BCUT2D eigenvalue weighted by Gasteiger charge is 2.39. The summed E-state index contributed by atoms with van der Waals surface area (Å²) in [5, 5.41) is 5.89. The zero-order chi connectivity index (χ0) is 30.6. The molecule has 0 unspecified atom stereocenters. The number of carbonyl (C=O) groups excluding carboxylic acids is 2. The number of halogens is 3. The van der Waals surface area contributed by atoms with Gasteiger partial charge in [0, 0.05) is 41.5 Å². The van der Waals surface area contributed by atoms with Gasteiger partial charge in [0.15, 0.2) is 0 Å². The minimum Gasteiger partial charge on any atom is -0.354 e. The Kier molecular flexibility index (Phi) is 10.1. The molecule has 1 aliphatic carbocycles. The number of piperidine rings is 1. The van der Waals surface area contributed by atoms with Crippen LogP contribution in [-0.2, 0) is 17.4 Å². The van der Waals surface area contributed by atoms with Gasteiger partial charge in [-0.05, 0) is 110 Å². The summed E-state index contributed by atoms with van der Waals surface area (Å²) < 4.78 is 41.7.